The van der Waals surface area contributed by atoms with Crippen molar-refractivity contribution in [3.63, 3.8) is 0 Å². The van der Waals surface area contributed by atoms with Crippen molar-refractivity contribution in [1.82, 2.24) is 5.32 Å². The second kappa shape index (κ2) is 6.04. The van der Waals surface area contributed by atoms with E-state index in [4.69, 9.17) is 4.74 Å². The predicted molar refractivity (Wildman–Crippen MR) is 88.5 cm³/mol. The summed E-state index contributed by atoms with van der Waals surface area (Å²) in [6.07, 6.45) is 0.246. The molecule has 1 aliphatic heterocycles. The molecule has 2 rings (SSSR count). The number of morpholine rings is 1. The van der Waals surface area contributed by atoms with Gasteiger partial charge in [-0.1, -0.05) is 22.0 Å². The van der Waals surface area contributed by atoms with E-state index in [1.54, 1.807) is 0 Å². The third-order valence-electron chi connectivity index (χ3n) is 3.80. The molecule has 2 unspecified atom stereocenters. The zero-order chi connectivity index (χ0) is 14.9. The summed E-state index contributed by atoms with van der Waals surface area (Å²) >= 11 is 3.60. The molecule has 4 heteroatoms. The Kier molecular flexibility index (Phi) is 4.77. The number of benzene rings is 1. The summed E-state index contributed by atoms with van der Waals surface area (Å²) in [6.45, 7) is 10.5. The van der Waals surface area contributed by atoms with E-state index in [0.717, 1.165) is 17.6 Å². The van der Waals surface area contributed by atoms with Gasteiger partial charge >= 0.3 is 0 Å². The number of anilines is 1. The van der Waals surface area contributed by atoms with Crippen molar-refractivity contribution < 1.29 is 4.74 Å². The minimum absolute atomic E-state index is 0.111. The fourth-order valence-corrected chi connectivity index (χ4v) is 3.30. The summed E-state index contributed by atoms with van der Waals surface area (Å²) in [5.74, 6) is 0. The molecule has 0 spiro atoms. The Morgan fingerprint density at radius 2 is 2.15 bits per heavy atom. The molecule has 3 nitrogen and oxygen atoms in total. The van der Waals surface area contributed by atoms with Crippen LogP contribution >= 0.6 is 15.9 Å². The summed E-state index contributed by atoms with van der Waals surface area (Å²) in [4.78, 5) is 2.45. The molecule has 0 bridgehead atoms. The van der Waals surface area contributed by atoms with Crippen LogP contribution in [0.3, 0.4) is 0 Å². The number of nitrogens with zero attached hydrogens (tertiary/aromatic N) is 1. The average Bonchev–Trinajstić information content (AvgIpc) is 2.35. The normalized spacial score (nSPS) is 23.7. The first-order chi connectivity index (χ1) is 9.32. The summed E-state index contributed by atoms with van der Waals surface area (Å²) in [5.41, 5.74) is 2.52. The van der Waals surface area contributed by atoms with Gasteiger partial charge in [-0.15, -0.1) is 0 Å². The van der Waals surface area contributed by atoms with Gasteiger partial charge in [0.2, 0.25) is 0 Å². The summed E-state index contributed by atoms with van der Waals surface area (Å²) in [6, 6.07) is 6.87. The van der Waals surface area contributed by atoms with Gasteiger partial charge in [-0.2, -0.15) is 0 Å². The Bertz CT molecular complexity index is 476. The summed E-state index contributed by atoms with van der Waals surface area (Å²) in [7, 11) is 2.00. The fraction of sp³-hybridized carbons (Fsp3) is 0.625. The maximum absolute atomic E-state index is 6.01. The lowest BCUT2D eigenvalue weighted by molar-refractivity contribution is -0.0750. The van der Waals surface area contributed by atoms with Crippen molar-refractivity contribution in [3.05, 3.63) is 28.2 Å². The zero-order valence-corrected chi connectivity index (χ0v) is 14.6. The molecule has 0 aromatic heterocycles. The highest BCUT2D eigenvalue weighted by molar-refractivity contribution is 9.10. The Balaban J connectivity index is 2.37. The molecule has 1 N–H and O–H groups in total. The number of nitrogens with one attached hydrogen (secondary N) is 1. The molecular formula is C16H25BrN2O. The molecule has 1 saturated heterocycles. The molecule has 1 aromatic carbocycles. The molecular weight excluding hydrogens is 316 g/mol. The average molecular weight is 341 g/mol. The highest BCUT2D eigenvalue weighted by atomic mass is 79.9. The van der Waals surface area contributed by atoms with E-state index in [0.29, 0.717) is 6.04 Å². The van der Waals surface area contributed by atoms with Gasteiger partial charge in [0, 0.05) is 29.3 Å². The third kappa shape index (κ3) is 3.54. The van der Waals surface area contributed by atoms with Crippen molar-refractivity contribution in [2.24, 2.45) is 0 Å². The molecule has 20 heavy (non-hydrogen) atoms. The standard InChI is InChI=1S/C16H25BrN2O/c1-11-9-19(10-16(3,4)20-11)15-8-13(17)6-7-14(15)12(2)18-5/h6-8,11-12,18H,9-10H2,1-5H3. The SMILES string of the molecule is CNC(C)c1ccc(Br)cc1N1CC(C)OC(C)(C)C1. The van der Waals surface area contributed by atoms with Gasteiger partial charge in [-0.05, 0) is 52.4 Å². The van der Waals surface area contributed by atoms with Gasteiger partial charge in [-0.25, -0.2) is 0 Å². The van der Waals surface area contributed by atoms with Crippen LogP contribution in [-0.4, -0.2) is 31.8 Å². The lowest BCUT2D eigenvalue weighted by atomic mass is 10.0. The molecule has 1 aromatic rings. The van der Waals surface area contributed by atoms with Gasteiger partial charge in [0.05, 0.1) is 11.7 Å². The maximum atomic E-state index is 6.01. The molecule has 0 aliphatic carbocycles. The first-order valence-corrected chi connectivity index (χ1v) is 8.01. The number of hydrogen-bond donors (Lipinski definition) is 1. The van der Waals surface area contributed by atoms with Gasteiger partial charge < -0.3 is 15.0 Å². The minimum Gasteiger partial charge on any atom is -0.369 e. The quantitative estimate of drug-likeness (QED) is 0.907. The molecule has 1 heterocycles. The van der Waals surface area contributed by atoms with Gasteiger partial charge in [0.15, 0.2) is 0 Å². The van der Waals surface area contributed by atoms with Crippen molar-refractivity contribution in [2.75, 3.05) is 25.0 Å². The molecule has 1 aliphatic rings. The first-order valence-electron chi connectivity index (χ1n) is 7.22. The van der Waals surface area contributed by atoms with Gasteiger partial charge in [0.25, 0.3) is 0 Å². The van der Waals surface area contributed by atoms with E-state index in [1.165, 1.54) is 11.3 Å². The van der Waals surface area contributed by atoms with Crippen LogP contribution in [0.25, 0.3) is 0 Å². The van der Waals surface area contributed by atoms with Crippen LogP contribution in [0.2, 0.25) is 0 Å². The second-order valence-electron chi connectivity index (χ2n) is 6.28. The van der Waals surface area contributed by atoms with Crippen molar-refractivity contribution >= 4 is 21.6 Å². The van der Waals surface area contributed by atoms with Gasteiger partial charge in [0.1, 0.15) is 0 Å². The molecule has 1 fully saturated rings. The van der Waals surface area contributed by atoms with Crippen LogP contribution in [0.1, 0.15) is 39.3 Å². The molecule has 0 amide bonds. The Morgan fingerprint density at radius 1 is 1.45 bits per heavy atom. The second-order valence-corrected chi connectivity index (χ2v) is 7.20. The van der Waals surface area contributed by atoms with E-state index in [9.17, 15) is 0 Å². The van der Waals surface area contributed by atoms with Crippen LogP contribution in [0.15, 0.2) is 22.7 Å². The van der Waals surface area contributed by atoms with Crippen LogP contribution in [0.5, 0.6) is 0 Å². The highest BCUT2D eigenvalue weighted by Gasteiger charge is 2.32. The summed E-state index contributed by atoms with van der Waals surface area (Å²) < 4.78 is 7.14. The van der Waals surface area contributed by atoms with Crippen molar-refractivity contribution in [2.45, 2.75) is 45.4 Å². The van der Waals surface area contributed by atoms with Crippen LogP contribution in [0, 0.1) is 0 Å². The Hall–Kier alpha value is -0.580. The van der Waals surface area contributed by atoms with E-state index in [-0.39, 0.29) is 11.7 Å². The van der Waals surface area contributed by atoms with Crippen molar-refractivity contribution in [1.29, 1.82) is 0 Å². The monoisotopic (exact) mass is 340 g/mol. The lowest BCUT2D eigenvalue weighted by Crippen LogP contribution is -2.52. The number of hydrogen-bond acceptors (Lipinski definition) is 3. The topological polar surface area (TPSA) is 24.5 Å². The lowest BCUT2D eigenvalue weighted by Gasteiger charge is -2.44. The first kappa shape index (κ1) is 15.8. The number of rotatable bonds is 3. The molecule has 0 radical (unpaired) electrons. The van der Waals surface area contributed by atoms with E-state index < -0.39 is 0 Å². The Labute approximate surface area is 130 Å². The Morgan fingerprint density at radius 3 is 2.75 bits per heavy atom. The van der Waals surface area contributed by atoms with Gasteiger partial charge in [-0.3, -0.25) is 0 Å². The molecule has 2 atom stereocenters. The zero-order valence-electron chi connectivity index (χ0n) is 13.0. The third-order valence-corrected chi connectivity index (χ3v) is 4.30. The van der Waals surface area contributed by atoms with E-state index >= 15 is 0 Å². The van der Waals surface area contributed by atoms with Crippen LogP contribution < -0.4 is 10.2 Å². The fourth-order valence-electron chi connectivity index (χ4n) is 2.95. The highest BCUT2D eigenvalue weighted by Crippen LogP contribution is 2.33. The van der Waals surface area contributed by atoms with Crippen molar-refractivity contribution in [3.8, 4) is 0 Å². The van der Waals surface area contributed by atoms with Crippen LogP contribution in [-0.2, 0) is 4.74 Å². The molecule has 112 valence electrons. The number of halogens is 1. The van der Waals surface area contributed by atoms with Crippen LogP contribution in [0.4, 0.5) is 5.69 Å². The predicted octanol–water partition coefficient (Wildman–Crippen LogP) is 3.73. The van der Waals surface area contributed by atoms with E-state index in [1.807, 2.05) is 7.05 Å². The molecule has 0 saturated carbocycles. The number of ether oxygens (including phenoxy) is 1. The van der Waals surface area contributed by atoms with E-state index in [2.05, 4.69) is 72.0 Å². The maximum Gasteiger partial charge on any atom is 0.0805 e. The summed E-state index contributed by atoms with van der Waals surface area (Å²) in [5, 5.41) is 3.34. The largest absolute Gasteiger partial charge is 0.369 e. The minimum atomic E-state index is -0.111. The smallest absolute Gasteiger partial charge is 0.0805 e.